The molecule has 158 valence electrons. The Morgan fingerprint density at radius 1 is 1.00 bits per heavy atom. The number of ether oxygens (including phenoxy) is 1. The van der Waals surface area contributed by atoms with E-state index in [0.717, 1.165) is 65.1 Å². The molecule has 2 aromatic carbocycles. The number of hydrogen-bond donors (Lipinski definition) is 2. The van der Waals surface area contributed by atoms with Gasteiger partial charge in [0.05, 0.1) is 12.5 Å². The predicted octanol–water partition coefficient (Wildman–Crippen LogP) is 5.25. The fourth-order valence-corrected chi connectivity index (χ4v) is 4.42. The summed E-state index contributed by atoms with van der Waals surface area (Å²) in [4.78, 5) is 9.05. The largest absolute Gasteiger partial charge is 0.497 e. The molecule has 31 heavy (non-hydrogen) atoms. The van der Waals surface area contributed by atoms with Gasteiger partial charge in [-0.2, -0.15) is 0 Å². The minimum absolute atomic E-state index is 0.230. The zero-order chi connectivity index (χ0) is 21.2. The average molecular weight is 415 g/mol. The van der Waals surface area contributed by atoms with Crippen molar-refractivity contribution in [3.05, 3.63) is 60.9 Å². The summed E-state index contributed by atoms with van der Waals surface area (Å²) in [6, 6.07) is 18.6. The number of nitrogens with one attached hydrogen (secondary N) is 1. The number of fused-ring (bicyclic) bond motifs is 1. The third kappa shape index (κ3) is 3.86. The Hall–Kier alpha value is -3.38. The lowest BCUT2D eigenvalue weighted by Gasteiger charge is -2.27. The number of nitrogens with two attached hydrogens (primary N) is 1. The van der Waals surface area contributed by atoms with Crippen LogP contribution in [0, 0.1) is 0 Å². The van der Waals surface area contributed by atoms with Crippen molar-refractivity contribution in [1.82, 2.24) is 9.97 Å². The van der Waals surface area contributed by atoms with Crippen LogP contribution >= 0.6 is 0 Å². The molecule has 0 radical (unpaired) electrons. The summed E-state index contributed by atoms with van der Waals surface area (Å²) in [5.41, 5.74) is 9.79. The highest BCUT2D eigenvalue weighted by Crippen LogP contribution is 2.43. The molecule has 6 heteroatoms. The molecule has 5 rings (SSSR count). The number of rotatable bonds is 5. The Morgan fingerprint density at radius 2 is 1.81 bits per heavy atom. The molecule has 0 aliphatic heterocycles. The molecule has 3 N–H and O–H groups in total. The highest BCUT2D eigenvalue weighted by atomic mass is 16.5. The fraction of sp³-hybridized carbons (Fsp3) is 0.280. The van der Waals surface area contributed by atoms with Crippen molar-refractivity contribution in [3.8, 4) is 28.2 Å². The van der Waals surface area contributed by atoms with Gasteiger partial charge in [-0.25, -0.2) is 9.97 Å². The van der Waals surface area contributed by atoms with Crippen molar-refractivity contribution >= 4 is 16.9 Å². The topological polar surface area (TPSA) is 86.2 Å². The Labute approximate surface area is 181 Å². The van der Waals surface area contributed by atoms with Crippen molar-refractivity contribution in [3.63, 3.8) is 0 Å². The quantitative estimate of drug-likeness (QED) is 0.464. The molecule has 0 saturated heterocycles. The maximum atomic E-state index is 6.30. The van der Waals surface area contributed by atoms with Crippen molar-refractivity contribution in [2.45, 2.75) is 37.8 Å². The lowest BCUT2D eigenvalue weighted by atomic mass is 9.91. The highest BCUT2D eigenvalue weighted by Gasteiger charge is 2.25. The third-order valence-electron chi connectivity index (χ3n) is 5.96. The summed E-state index contributed by atoms with van der Waals surface area (Å²) in [5.74, 6) is 2.38. The van der Waals surface area contributed by atoms with E-state index >= 15 is 0 Å². The van der Waals surface area contributed by atoms with Gasteiger partial charge in [-0.3, -0.25) is 0 Å². The van der Waals surface area contributed by atoms with E-state index in [4.69, 9.17) is 14.9 Å². The maximum Gasteiger partial charge on any atom is 0.232 e. The molecule has 1 aliphatic carbocycles. The Morgan fingerprint density at radius 3 is 2.55 bits per heavy atom. The van der Waals surface area contributed by atoms with E-state index in [1.807, 2.05) is 54.6 Å². The second-order valence-corrected chi connectivity index (χ2v) is 8.07. The Kier molecular flexibility index (Phi) is 5.30. The van der Waals surface area contributed by atoms with Crippen LogP contribution < -0.4 is 15.8 Å². The summed E-state index contributed by atoms with van der Waals surface area (Å²) in [7, 11) is 1.67. The normalized spacial score (nSPS) is 18.8. The minimum Gasteiger partial charge on any atom is -0.497 e. The zero-order valence-corrected chi connectivity index (χ0v) is 17.5. The van der Waals surface area contributed by atoms with Crippen LogP contribution in [0.1, 0.15) is 25.7 Å². The molecule has 0 amide bonds. The molecule has 1 saturated carbocycles. The van der Waals surface area contributed by atoms with Crippen molar-refractivity contribution in [1.29, 1.82) is 0 Å². The first-order valence-electron chi connectivity index (χ1n) is 10.7. The van der Waals surface area contributed by atoms with Gasteiger partial charge in [-0.05, 0) is 43.4 Å². The number of methoxy groups -OCH3 is 1. The maximum absolute atomic E-state index is 6.30. The summed E-state index contributed by atoms with van der Waals surface area (Å²) < 4.78 is 11.7. The van der Waals surface area contributed by atoms with Gasteiger partial charge in [-0.15, -0.1) is 0 Å². The molecule has 1 aliphatic rings. The molecule has 4 aromatic rings. The Bertz CT molecular complexity index is 1170. The van der Waals surface area contributed by atoms with E-state index in [-0.39, 0.29) is 6.04 Å². The van der Waals surface area contributed by atoms with E-state index in [1.54, 1.807) is 13.4 Å². The van der Waals surface area contributed by atoms with Gasteiger partial charge in [0.25, 0.3) is 0 Å². The van der Waals surface area contributed by atoms with Crippen LogP contribution in [-0.2, 0) is 0 Å². The number of anilines is 1. The standard InChI is InChI=1S/C25H26N4O2/c1-30-20-12-10-16(11-13-20)21-22-24(29-19-9-5-8-18(26)14-19)27-15-28-25(22)31-23(21)17-6-3-2-4-7-17/h2-4,6-7,10-13,15,18-19H,5,8-9,14,26H2,1H3,(H,27,28,29)/t18-,19-/m1/s1. The molecular weight excluding hydrogens is 388 g/mol. The van der Waals surface area contributed by atoms with E-state index in [0.29, 0.717) is 11.8 Å². The third-order valence-corrected chi connectivity index (χ3v) is 5.96. The second kappa shape index (κ2) is 8.40. The highest BCUT2D eigenvalue weighted by molar-refractivity contribution is 6.05. The summed E-state index contributed by atoms with van der Waals surface area (Å²) in [6.07, 6.45) is 5.79. The number of hydrogen-bond acceptors (Lipinski definition) is 6. The molecule has 1 fully saturated rings. The van der Waals surface area contributed by atoms with Crippen LogP contribution in [-0.4, -0.2) is 29.2 Å². The summed E-state index contributed by atoms with van der Waals surface area (Å²) in [6.45, 7) is 0. The molecule has 0 bridgehead atoms. The van der Waals surface area contributed by atoms with Crippen LogP contribution in [0.25, 0.3) is 33.6 Å². The van der Waals surface area contributed by atoms with Crippen LogP contribution in [0.15, 0.2) is 65.3 Å². The van der Waals surface area contributed by atoms with Gasteiger partial charge in [-0.1, -0.05) is 42.5 Å². The number of nitrogens with zero attached hydrogens (tertiary/aromatic N) is 2. The average Bonchev–Trinajstić information content (AvgIpc) is 3.20. The van der Waals surface area contributed by atoms with Crippen molar-refractivity contribution < 1.29 is 9.15 Å². The molecule has 2 atom stereocenters. The van der Waals surface area contributed by atoms with E-state index in [1.165, 1.54) is 0 Å². The van der Waals surface area contributed by atoms with Crippen LogP contribution in [0.5, 0.6) is 5.75 Å². The first-order chi connectivity index (χ1) is 15.2. The van der Waals surface area contributed by atoms with Crippen LogP contribution in [0.2, 0.25) is 0 Å². The molecular formula is C25H26N4O2. The first kappa shape index (κ1) is 19.6. The van der Waals surface area contributed by atoms with E-state index < -0.39 is 0 Å². The van der Waals surface area contributed by atoms with Gasteiger partial charge >= 0.3 is 0 Å². The van der Waals surface area contributed by atoms with Crippen LogP contribution in [0.4, 0.5) is 5.82 Å². The lowest BCUT2D eigenvalue weighted by Crippen LogP contribution is -2.35. The molecule has 6 nitrogen and oxygen atoms in total. The van der Waals surface area contributed by atoms with E-state index in [9.17, 15) is 0 Å². The monoisotopic (exact) mass is 414 g/mol. The summed E-state index contributed by atoms with van der Waals surface area (Å²) >= 11 is 0. The second-order valence-electron chi connectivity index (χ2n) is 8.07. The number of aromatic nitrogens is 2. The van der Waals surface area contributed by atoms with E-state index in [2.05, 4.69) is 15.3 Å². The predicted molar refractivity (Wildman–Crippen MR) is 123 cm³/mol. The van der Waals surface area contributed by atoms with Crippen molar-refractivity contribution in [2.24, 2.45) is 5.73 Å². The minimum atomic E-state index is 0.230. The fourth-order valence-electron chi connectivity index (χ4n) is 4.42. The SMILES string of the molecule is COc1ccc(-c2c(-c3ccccc3)oc3ncnc(N[C@@H]4CCC[C@@H](N)C4)c23)cc1. The molecule has 2 heterocycles. The van der Waals surface area contributed by atoms with Crippen LogP contribution in [0.3, 0.4) is 0 Å². The van der Waals surface area contributed by atoms with Gasteiger partial charge in [0.1, 0.15) is 23.7 Å². The van der Waals surface area contributed by atoms with Gasteiger partial charge in [0.2, 0.25) is 5.71 Å². The van der Waals surface area contributed by atoms with Gasteiger partial charge in [0.15, 0.2) is 0 Å². The summed E-state index contributed by atoms with van der Waals surface area (Å²) in [5, 5.41) is 4.53. The molecule has 2 aromatic heterocycles. The molecule has 0 unspecified atom stereocenters. The lowest BCUT2D eigenvalue weighted by molar-refractivity contribution is 0.409. The molecule has 0 spiro atoms. The number of furan rings is 1. The van der Waals surface area contributed by atoms with Gasteiger partial charge < -0.3 is 20.2 Å². The zero-order valence-electron chi connectivity index (χ0n) is 17.5. The number of benzene rings is 2. The van der Waals surface area contributed by atoms with Crippen molar-refractivity contribution in [2.75, 3.05) is 12.4 Å². The van der Waals surface area contributed by atoms with Gasteiger partial charge in [0, 0.05) is 23.2 Å². The smallest absolute Gasteiger partial charge is 0.232 e. The Balaban J connectivity index is 1.68. The first-order valence-corrected chi connectivity index (χ1v) is 10.7.